The number of rotatable bonds is 4. The lowest BCUT2D eigenvalue weighted by Crippen LogP contribution is -2.13. The van der Waals surface area contributed by atoms with Crippen LogP contribution in [0.25, 0.3) is 0 Å². The Hall–Kier alpha value is -1.29. The molecule has 1 unspecified atom stereocenters. The standard InChI is InChI=1S/C14H20FNO2/c1-9(2)18-14-12(10-4-5-16-8-10)6-11(15)7-13(14)17-3/h6-7,9-10,16H,4-5,8H2,1-3H3. The average molecular weight is 253 g/mol. The molecule has 1 heterocycles. The fraction of sp³-hybridized carbons (Fsp3) is 0.571. The minimum Gasteiger partial charge on any atom is -0.493 e. The highest BCUT2D eigenvalue weighted by molar-refractivity contribution is 5.49. The van der Waals surface area contributed by atoms with Crippen LogP contribution in [0.5, 0.6) is 11.5 Å². The SMILES string of the molecule is COc1cc(F)cc(C2CCNC2)c1OC(C)C. The molecule has 1 aliphatic heterocycles. The van der Waals surface area contributed by atoms with Crippen LogP contribution in [-0.4, -0.2) is 26.3 Å². The van der Waals surface area contributed by atoms with Crippen molar-refractivity contribution in [2.45, 2.75) is 32.3 Å². The highest BCUT2D eigenvalue weighted by Crippen LogP contribution is 2.39. The van der Waals surface area contributed by atoms with Crippen molar-refractivity contribution in [1.29, 1.82) is 0 Å². The third kappa shape index (κ3) is 2.75. The van der Waals surface area contributed by atoms with Gasteiger partial charge in [0.1, 0.15) is 5.82 Å². The van der Waals surface area contributed by atoms with Gasteiger partial charge in [0.15, 0.2) is 11.5 Å². The van der Waals surface area contributed by atoms with Crippen LogP contribution in [-0.2, 0) is 0 Å². The van der Waals surface area contributed by atoms with Crippen LogP contribution in [0.3, 0.4) is 0 Å². The van der Waals surface area contributed by atoms with E-state index in [1.807, 2.05) is 13.8 Å². The normalized spacial score (nSPS) is 19.3. The van der Waals surface area contributed by atoms with Gasteiger partial charge in [0.2, 0.25) is 0 Å². The maximum atomic E-state index is 13.6. The van der Waals surface area contributed by atoms with Gasteiger partial charge in [-0.05, 0) is 32.9 Å². The lowest BCUT2D eigenvalue weighted by atomic mass is 9.96. The Bertz CT molecular complexity index is 415. The molecule has 4 heteroatoms. The van der Waals surface area contributed by atoms with Gasteiger partial charge in [0.05, 0.1) is 13.2 Å². The molecule has 1 atom stereocenters. The number of ether oxygens (including phenoxy) is 2. The van der Waals surface area contributed by atoms with Gasteiger partial charge in [-0.1, -0.05) is 0 Å². The van der Waals surface area contributed by atoms with Gasteiger partial charge in [-0.2, -0.15) is 0 Å². The van der Waals surface area contributed by atoms with E-state index >= 15 is 0 Å². The second kappa shape index (κ2) is 5.57. The van der Waals surface area contributed by atoms with Gasteiger partial charge in [0, 0.05) is 24.1 Å². The molecule has 0 aliphatic carbocycles. The van der Waals surface area contributed by atoms with Gasteiger partial charge < -0.3 is 14.8 Å². The van der Waals surface area contributed by atoms with Crippen molar-refractivity contribution >= 4 is 0 Å². The third-order valence-corrected chi connectivity index (χ3v) is 3.12. The van der Waals surface area contributed by atoms with Gasteiger partial charge in [-0.25, -0.2) is 4.39 Å². The van der Waals surface area contributed by atoms with Crippen LogP contribution in [0.4, 0.5) is 4.39 Å². The Balaban J connectivity index is 2.43. The molecule has 0 radical (unpaired) electrons. The summed E-state index contributed by atoms with van der Waals surface area (Å²) in [7, 11) is 1.54. The van der Waals surface area contributed by atoms with E-state index in [1.165, 1.54) is 6.07 Å². The Labute approximate surface area is 107 Å². The highest BCUT2D eigenvalue weighted by Gasteiger charge is 2.24. The summed E-state index contributed by atoms with van der Waals surface area (Å²) in [6, 6.07) is 2.95. The Kier molecular flexibility index (Phi) is 4.07. The van der Waals surface area contributed by atoms with Crippen LogP contribution in [0.15, 0.2) is 12.1 Å². The zero-order valence-corrected chi connectivity index (χ0v) is 11.1. The fourth-order valence-corrected chi connectivity index (χ4v) is 2.33. The molecule has 2 rings (SSSR count). The first-order chi connectivity index (χ1) is 8.61. The summed E-state index contributed by atoms with van der Waals surface area (Å²) >= 11 is 0. The van der Waals surface area contributed by atoms with E-state index < -0.39 is 0 Å². The van der Waals surface area contributed by atoms with Crippen molar-refractivity contribution < 1.29 is 13.9 Å². The van der Waals surface area contributed by atoms with Crippen LogP contribution >= 0.6 is 0 Å². The molecule has 0 amide bonds. The monoisotopic (exact) mass is 253 g/mol. The first kappa shape index (κ1) is 13.1. The first-order valence-electron chi connectivity index (χ1n) is 6.36. The van der Waals surface area contributed by atoms with Crippen LogP contribution in [0, 0.1) is 5.82 Å². The van der Waals surface area contributed by atoms with E-state index in [2.05, 4.69) is 5.32 Å². The van der Waals surface area contributed by atoms with Gasteiger partial charge in [-0.3, -0.25) is 0 Å². The van der Waals surface area contributed by atoms with E-state index in [0.717, 1.165) is 25.1 Å². The molecule has 0 aromatic heterocycles. The molecule has 0 spiro atoms. The quantitative estimate of drug-likeness (QED) is 0.895. The van der Waals surface area contributed by atoms with Crippen molar-refractivity contribution in [3.05, 3.63) is 23.5 Å². The third-order valence-electron chi connectivity index (χ3n) is 3.12. The summed E-state index contributed by atoms with van der Waals surface area (Å²) in [5, 5.41) is 3.29. The number of methoxy groups -OCH3 is 1. The highest BCUT2D eigenvalue weighted by atomic mass is 19.1. The molecule has 0 bridgehead atoms. The molecule has 1 N–H and O–H groups in total. The molecule has 1 aromatic rings. The van der Waals surface area contributed by atoms with E-state index in [9.17, 15) is 4.39 Å². The molecule has 100 valence electrons. The minimum absolute atomic E-state index is 0.0393. The summed E-state index contributed by atoms with van der Waals surface area (Å²) in [4.78, 5) is 0. The summed E-state index contributed by atoms with van der Waals surface area (Å²) < 4.78 is 24.7. The number of halogens is 1. The molecule has 3 nitrogen and oxygen atoms in total. The van der Waals surface area contributed by atoms with Crippen LogP contribution < -0.4 is 14.8 Å². The van der Waals surface area contributed by atoms with E-state index in [0.29, 0.717) is 17.4 Å². The Morgan fingerprint density at radius 3 is 2.72 bits per heavy atom. The van der Waals surface area contributed by atoms with Gasteiger partial charge in [-0.15, -0.1) is 0 Å². The number of benzene rings is 1. The number of hydrogen-bond donors (Lipinski definition) is 1. The van der Waals surface area contributed by atoms with E-state index in [4.69, 9.17) is 9.47 Å². The maximum Gasteiger partial charge on any atom is 0.165 e. The summed E-state index contributed by atoms with van der Waals surface area (Å²) in [5.41, 5.74) is 0.908. The lowest BCUT2D eigenvalue weighted by molar-refractivity contribution is 0.226. The molecule has 18 heavy (non-hydrogen) atoms. The van der Waals surface area contributed by atoms with Crippen molar-refractivity contribution in [2.24, 2.45) is 0 Å². The molecular formula is C14H20FNO2. The second-order valence-corrected chi connectivity index (χ2v) is 4.88. The molecule has 1 aromatic carbocycles. The van der Waals surface area contributed by atoms with Crippen LogP contribution in [0.2, 0.25) is 0 Å². The fourth-order valence-electron chi connectivity index (χ4n) is 2.33. The van der Waals surface area contributed by atoms with Crippen molar-refractivity contribution in [2.75, 3.05) is 20.2 Å². The zero-order chi connectivity index (χ0) is 13.1. The molecule has 1 aliphatic rings. The largest absolute Gasteiger partial charge is 0.493 e. The summed E-state index contributed by atoms with van der Waals surface area (Å²) in [6.07, 6.45) is 1.04. The Morgan fingerprint density at radius 2 is 2.17 bits per heavy atom. The second-order valence-electron chi connectivity index (χ2n) is 4.88. The van der Waals surface area contributed by atoms with Crippen molar-refractivity contribution in [3.63, 3.8) is 0 Å². The lowest BCUT2D eigenvalue weighted by Gasteiger charge is -2.20. The molecule has 1 fully saturated rings. The van der Waals surface area contributed by atoms with Crippen LogP contribution in [0.1, 0.15) is 31.7 Å². The maximum absolute atomic E-state index is 13.6. The predicted molar refractivity (Wildman–Crippen MR) is 68.9 cm³/mol. The van der Waals surface area contributed by atoms with E-state index in [-0.39, 0.29) is 11.9 Å². The first-order valence-corrected chi connectivity index (χ1v) is 6.36. The van der Waals surface area contributed by atoms with Gasteiger partial charge in [0.25, 0.3) is 0 Å². The molecule has 0 saturated carbocycles. The predicted octanol–water partition coefficient (Wildman–Crippen LogP) is 2.70. The zero-order valence-electron chi connectivity index (χ0n) is 11.1. The summed E-state index contributed by atoms with van der Waals surface area (Å²) in [6.45, 7) is 5.74. The molecule has 1 saturated heterocycles. The topological polar surface area (TPSA) is 30.5 Å². The van der Waals surface area contributed by atoms with Crippen molar-refractivity contribution in [1.82, 2.24) is 5.32 Å². The number of nitrogens with one attached hydrogen (secondary N) is 1. The van der Waals surface area contributed by atoms with Crippen molar-refractivity contribution in [3.8, 4) is 11.5 Å². The minimum atomic E-state index is -0.273. The average Bonchev–Trinajstić information content (AvgIpc) is 2.83. The van der Waals surface area contributed by atoms with Gasteiger partial charge >= 0.3 is 0 Å². The smallest absolute Gasteiger partial charge is 0.165 e. The summed E-state index contributed by atoms with van der Waals surface area (Å²) in [5.74, 6) is 1.18. The van der Waals surface area contributed by atoms with E-state index in [1.54, 1.807) is 13.2 Å². The molecular weight excluding hydrogens is 233 g/mol. The Morgan fingerprint density at radius 1 is 1.39 bits per heavy atom. The number of hydrogen-bond acceptors (Lipinski definition) is 3.